The molecular formula is C21H25NO3. The molecule has 0 aliphatic carbocycles. The molecule has 0 aliphatic heterocycles. The van der Waals surface area contributed by atoms with Gasteiger partial charge in [0.05, 0.1) is 6.54 Å². The number of Topliss-reactive ketones (excluding diaryl/α,β-unsaturated/α-hetero) is 1. The summed E-state index contributed by atoms with van der Waals surface area (Å²) < 4.78 is 5.63. The number of aryl methyl sites for hydroxylation is 2. The van der Waals surface area contributed by atoms with E-state index in [1.165, 1.54) is 5.56 Å². The van der Waals surface area contributed by atoms with Crippen molar-refractivity contribution in [1.29, 1.82) is 0 Å². The van der Waals surface area contributed by atoms with Crippen LogP contribution in [0.5, 0.6) is 5.75 Å². The molecular weight excluding hydrogens is 314 g/mol. The molecule has 0 bridgehead atoms. The number of likely N-dealkylation sites (N-methyl/N-ethyl adjacent to an activating group) is 1. The zero-order valence-corrected chi connectivity index (χ0v) is 15.1. The van der Waals surface area contributed by atoms with Gasteiger partial charge in [-0.1, -0.05) is 47.5 Å². The monoisotopic (exact) mass is 339 g/mol. The Morgan fingerprint density at radius 2 is 1.44 bits per heavy atom. The van der Waals surface area contributed by atoms with Crippen molar-refractivity contribution in [2.45, 2.75) is 26.7 Å². The van der Waals surface area contributed by atoms with Crippen LogP contribution in [0.15, 0.2) is 48.5 Å². The molecule has 0 fully saturated rings. The van der Waals surface area contributed by atoms with Crippen LogP contribution in [0.3, 0.4) is 0 Å². The van der Waals surface area contributed by atoms with E-state index in [0.29, 0.717) is 18.7 Å². The number of hydrogen-bond donors (Lipinski definition) is 0. The summed E-state index contributed by atoms with van der Waals surface area (Å²) in [4.78, 5) is 25.9. The molecule has 2 aromatic carbocycles. The lowest BCUT2D eigenvalue weighted by atomic mass is 10.0. The fourth-order valence-corrected chi connectivity index (χ4v) is 2.35. The van der Waals surface area contributed by atoms with Crippen LogP contribution in [0.2, 0.25) is 0 Å². The molecule has 0 saturated carbocycles. The molecule has 1 amide bonds. The minimum absolute atomic E-state index is 0.00217. The summed E-state index contributed by atoms with van der Waals surface area (Å²) >= 11 is 0. The summed E-state index contributed by atoms with van der Waals surface area (Å²) in [7, 11) is 1.73. The number of ketones is 1. The quantitative estimate of drug-likeness (QED) is 0.687. The fourth-order valence-electron chi connectivity index (χ4n) is 2.35. The lowest BCUT2D eigenvalue weighted by Crippen LogP contribution is -2.31. The minimum Gasteiger partial charge on any atom is -0.492 e. The van der Waals surface area contributed by atoms with Crippen molar-refractivity contribution in [3.63, 3.8) is 0 Å². The van der Waals surface area contributed by atoms with Crippen molar-refractivity contribution in [2.75, 3.05) is 20.2 Å². The summed E-state index contributed by atoms with van der Waals surface area (Å²) in [5, 5.41) is 0. The lowest BCUT2D eigenvalue weighted by molar-refractivity contribution is -0.130. The molecule has 0 aliphatic rings. The largest absolute Gasteiger partial charge is 0.492 e. The molecule has 0 spiro atoms. The van der Waals surface area contributed by atoms with E-state index >= 15 is 0 Å². The Balaban J connectivity index is 1.71. The van der Waals surface area contributed by atoms with Gasteiger partial charge in [-0.05, 0) is 26.0 Å². The third kappa shape index (κ3) is 6.07. The predicted molar refractivity (Wildman–Crippen MR) is 99.1 cm³/mol. The maximum Gasteiger partial charge on any atom is 0.222 e. The standard InChI is InChI=1S/C21H25NO3/c1-16-4-8-18(9-5-16)20(23)12-13-21(24)22(3)14-15-25-19-10-6-17(2)7-11-19/h4-11H,12-15H2,1-3H3. The Labute approximate surface area is 149 Å². The normalized spacial score (nSPS) is 10.4. The average Bonchev–Trinajstić information content (AvgIpc) is 2.61. The summed E-state index contributed by atoms with van der Waals surface area (Å²) in [5.41, 5.74) is 2.95. The first-order valence-electron chi connectivity index (χ1n) is 8.49. The highest BCUT2D eigenvalue weighted by molar-refractivity contribution is 5.97. The van der Waals surface area contributed by atoms with Crippen molar-refractivity contribution in [1.82, 2.24) is 4.90 Å². The number of nitrogens with zero attached hydrogens (tertiary/aromatic N) is 1. The van der Waals surface area contributed by atoms with E-state index in [-0.39, 0.29) is 24.5 Å². The lowest BCUT2D eigenvalue weighted by Gasteiger charge is -2.17. The second-order valence-corrected chi connectivity index (χ2v) is 6.27. The Kier molecular flexibility index (Phi) is 6.75. The second kappa shape index (κ2) is 9.02. The van der Waals surface area contributed by atoms with E-state index in [0.717, 1.165) is 11.3 Å². The molecule has 0 saturated heterocycles. The van der Waals surface area contributed by atoms with Gasteiger partial charge in [0, 0.05) is 25.5 Å². The van der Waals surface area contributed by atoms with E-state index in [9.17, 15) is 9.59 Å². The van der Waals surface area contributed by atoms with Crippen LogP contribution >= 0.6 is 0 Å². The van der Waals surface area contributed by atoms with Crippen LogP contribution in [-0.2, 0) is 4.79 Å². The van der Waals surface area contributed by atoms with Gasteiger partial charge in [-0.25, -0.2) is 0 Å². The van der Waals surface area contributed by atoms with Gasteiger partial charge in [0.2, 0.25) is 5.91 Å². The average molecular weight is 339 g/mol. The van der Waals surface area contributed by atoms with E-state index in [1.807, 2.05) is 50.2 Å². The summed E-state index contributed by atoms with van der Waals surface area (Å²) in [6, 6.07) is 15.2. The van der Waals surface area contributed by atoms with Gasteiger partial charge in [-0.15, -0.1) is 0 Å². The molecule has 0 radical (unpaired) electrons. The number of amides is 1. The van der Waals surface area contributed by atoms with Crippen molar-refractivity contribution in [2.24, 2.45) is 0 Å². The highest BCUT2D eigenvalue weighted by Crippen LogP contribution is 2.11. The number of ether oxygens (including phenoxy) is 1. The molecule has 0 aromatic heterocycles. The third-order valence-electron chi connectivity index (χ3n) is 4.08. The molecule has 0 heterocycles. The van der Waals surface area contributed by atoms with Crippen LogP contribution < -0.4 is 4.74 Å². The van der Waals surface area contributed by atoms with Crippen molar-refractivity contribution >= 4 is 11.7 Å². The topological polar surface area (TPSA) is 46.6 Å². The van der Waals surface area contributed by atoms with Gasteiger partial charge in [0.25, 0.3) is 0 Å². The number of carbonyl (C=O) groups is 2. The maximum absolute atomic E-state index is 12.1. The SMILES string of the molecule is Cc1ccc(OCCN(C)C(=O)CCC(=O)c2ccc(C)cc2)cc1. The number of rotatable bonds is 8. The summed E-state index contributed by atoms with van der Waals surface area (Å²) in [6.07, 6.45) is 0.443. The van der Waals surface area contributed by atoms with Gasteiger partial charge >= 0.3 is 0 Å². The molecule has 0 atom stereocenters. The van der Waals surface area contributed by atoms with E-state index in [1.54, 1.807) is 24.1 Å². The maximum atomic E-state index is 12.1. The molecule has 25 heavy (non-hydrogen) atoms. The Morgan fingerprint density at radius 1 is 0.880 bits per heavy atom. The molecule has 4 heteroatoms. The molecule has 2 rings (SSSR count). The highest BCUT2D eigenvalue weighted by Gasteiger charge is 2.12. The predicted octanol–water partition coefficient (Wildman–Crippen LogP) is 3.80. The molecule has 0 unspecified atom stereocenters. The molecule has 2 aromatic rings. The van der Waals surface area contributed by atoms with Gasteiger partial charge in [-0.3, -0.25) is 9.59 Å². The number of benzene rings is 2. The summed E-state index contributed by atoms with van der Waals surface area (Å²) in [5.74, 6) is 0.742. The number of hydrogen-bond acceptors (Lipinski definition) is 3. The molecule has 4 nitrogen and oxygen atoms in total. The van der Waals surface area contributed by atoms with Crippen LogP contribution in [-0.4, -0.2) is 36.8 Å². The van der Waals surface area contributed by atoms with Crippen LogP contribution in [0.25, 0.3) is 0 Å². The first-order valence-corrected chi connectivity index (χ1v) is 8.49. The van der Waals surface area contributed by atoms with Crippen LogP contribution in [0.4, 0.5) is 0 Å². The zero-order chi connectivity index (χ0) is 18.2. The van der Waals surface area contributed by atoms with Crippen molar-refractivity contribution in [3.05, 3.63) is 65.2 Å². The van der Waals surface area contributed by atoms with E-state index in [2.05, 4.69) is 0 Å². The first-order chi connectivity index (χ1) is 12.0. The zero-order valence-electron chi connectivity index (χ0n) is 15.1. The highest BCUT2D eigenvalue weighted by atomic mass is 16.5. The van der Waals surface area contributed by atoms with Crippen molar-refractivity contribution in [3.8, 4) is 5.75 Å². The molecule has 0 N–H and O–H groups in total. The fraction of sp³-hybridized carbons (Fsp3) is 0.333. The minimum atomic E-state index is -0.0482. The second-order valence-electron chi connectivity index (χ2n) is 6.27. The van der Waals surface area contributed by atoms with Gasteiger partial charge in [-0.2, -0.15) is 0 Å². The van der Waals surface area contributed by atoms with E-state index < -0.39 is 0 Å². The Morgan fingerprint density at radius 3 is 2.04 bits per heavy atom. The van der Waals surface area contributed by atoms with Crippen LogP contribution in [0, 0.1) is 13.8 Å². The third-order valence-corrected chi connectivity index (χ3v) is 4.08. The summed E-state index contributed by atoms with van der Waals surface area (Å²) in [6.45, 7) is 4.92. The Bertz CT molecular complexity index is 705. The van der Waals surface area contributed by atoms with Gasteiger partial charge in [0.1, 0.15) is 12.4 Å². The van der Waals surface area contributed by atoms with Gasteiger partial charge < -0.3 is 9.64 Å². The van der Waals surface area contributed by atoms with Crippen LogP contribution in [0.1, 0.15) is 34.3 Å². The smallest absolute Gasteiger partial charge is 0.222 e. The Hall–Kier alpha value is -2.62. The van der Waals surface area contributed by atoms with Crippen molar-refractivity contribution < 1.29 is 14.3 Å². The molecule has 132 valence electrons. The van der Waals surface area contributed by atoms with Gasteiger partial charge in [0.15, 0.2) is 5.78 Å². The first kappa shape index (κ1) is 18.7. The van der Waals surface area contributed by atoms with E-state index in [4.69, 9.17) is 4.74 Å². The number of carbonyl (C=O) groups excluding carboxylic acids is 2.